The first-order valence-electron chi connectivity index (χ1n) is 7.14. The summed E-state index contributed by atoms with van der Waals surface area (Å²) in [5.74, 6) is 0.197. The number of benzene rings is 1. The van der Waals surface area contributed by atoms with Crippen molar-refractivity contribution < 1.29 is 8.42 Å². The number of nitrogens with one attached hydrogen (secondary N) is 1. The van der Waals surface area contributed by atoms with Gasteiger partial charge in [0, 0.05) is 11.1 Å². The summed E-state index contributed by atoms with van der Waals surface area (Å²) in [4.78, 5) is 0. The zero-order valence-electron chi connectivity index (χ0n) is 12.0. The van der Waals surface area contributed by atoms with Gasteiger partial charge in [0.2, 0.25) is 0 Å². The summed E-state index contributed by atoms with van der Waals surface area (Å²) < 4.78 is 25.3. The molecule has 1 N–H and O–H groups in total. The van der Waals surface area contributed by atoms with Crippen LogP contribution in [0, 0.1) is 5.92 Å². The molecule has 1 fully saturated rings. The average Bonchev–Trinajstić information content (AvgIpc) is 2.75. The van der Waals surface area contributed by atoms with Gasteiger partial charge >= 0.3 is 0 Å². The van der Waals surface area contributed by atoms with E-state index in [2.05, 4.69) is 12.2 Å². The third-order valence-corrected chi connectivity index (χ3v) is 6.90. The van der Waals surface area contributed by atoms with Crippen molar-refractivity contribution in [2.45, 2.75) is 43.7 Å². The van der Waals surface area contributed by atoms with Gasteiger partial charge in [-0.15, -0.1) is 0 Å². The molecule has 1 saturated carbocycles. The van der Waals surface area contributed by atoms with Crippen molar-refractivity contribution >= 4 is 21.4 Å². The van der Waals surface area contributed by atoms with Gasteiger partial charge in [0.15, 0.2) is 9.84 Å². The van der Waals surface area contributed by atoms with Gasteiger partial charge < -0.3 is 5.32 Å². The minimum Gasteiger partial charge on any atom is -0.314 e. The normalized spacial score (nSPS) is 26.9. The van der Waals surface area contributed by atoms with Crippen molar-refractivity contribution in [3.8, 4) is 0 Å². The third kappa shape index (κ3) is 3.35. The molecule has 3 atom stereocenters. The van der Waals surface area contributed by atoms with Crippen LogP contribution >= 0.6 is 11.6 Å². The maximum absolute atomic E-state index is 12.6. The molecule has 1 aromatic carbocycles. The van der Waals surface area contributed by atoms with Crippen LogP contribution in [0.5, 0.6) is 0 Å². The van der Waals surface area contributed by atoms with Crippen LogP contribution in [-0.2, 0) is 15.6 Å². The van der Waals surface area contributed by atoms with Gasteiger partial charge in [0.05, 0.1) is 11.0 Å². The van der Waals surface area contributed by atoms with Crippen molar-refractivity contribution in [1.82, 2.24) is 5.32 Å². The topological polar surface area (TPSA) is 46.2 Å². The predicted octanol–water partition coefficient (Wildman–Crippen LogP) is 3.03. The molecule has 1 aliphatic rings. The maximum atomic E-state index is 12.6. The standard InChI is InChI=1S/C15H22ClNO2S/c1-3-17-14-8-9-15(11(14)2)20(18,19)10-12-6-4-5-7-13(12)16/h4-7,11,14-15,17H,3,8-10H2,1-2H3. The van der Waals surface area contributed by atoms with Crippen LogP contribution in [0.1, 0.15) is 32.3 Å². The summed E-state index contributed by atoms with van der Waals surface area (Å²) in [5.41, 5.74) is 0.702. The second-order valence-corrected chi connectivity index (χ2v) is 8.16. The monoisotopic (exact) mass is 315 g/mol. The van der Waals surface area contributed by atoms with E-state index in [-0.39, 0.29) is 16.9 Å². The molecule has 5 heteroatoms. The van der Waals surface area contributed by atoms with Gasteiger partial charge in [0.25, 0.3) is 0 Å². The summed E-state index contributed by atoms with van der Waals surface area (Å²) in [6.07, 6.45) is 1.67. The summed E-state index contributed by atoms with van der Waals surface area (Å²) in [6.45, 7) is 4.97. The molecule has 2 rings (SSSR count). The zero-order chi connectivity index (χ0) is 14.8. The molecule has 0 amide bonds. The van der Waals surface area contributed by atoms with E-state index in [4.69, 9.17) is 11.6 Å². The Hall–Kier alpha value is -0.580. The second-order valence-electron chi connectivity index (χ2n) is 5.54. The Balaban J connectivity index is 2.14. The first-order chi connectivity index (χ1) is 9.45. The first kappa shape index (κ1) is 15.8. The van der Waals surface area contributed by atoms with E-state index in [0.29, 0.717) is 16.6 Å². The molecular weight excluding hydrogens is 294 g/mol. The zero-order valence-corrected chi connectivity index (χ0v) is 13.5. The highest BCUT2D eigenvalue weighted by molar-refractivity contribution is 7.91. The van der Waals surface area contributed by atoms with Crippen molar-refractivity contribution in [3.05, 3.63) is 34.9 Å². The Kier molecular flexibility index (Phi) is 5.10. The van der Waals surface area contributed by atoms with E-state index in [9.17, 15) is 8.42 Å². The van der Waals surface area contributed by atoms with Crippen LogP contribution in [0.25, 0.3) is 0 Å². The molecule has 3 nitrogen and oxygen atoms in total. The SMILES string of the molecule is CCNC1CCC(S(=O)(=O)Cc2ccccc2Cl)C1C. The average molecular weight is 316 g/mol. The van der Waals surface area contributed by atoms with E-state index in [1.165, 1.54) is 0 Å². The minimum absolute atomic E-state index is 0.0422. The van der Waals surface area contributed by atoms with Crippen LogP contribution in [0.15, 0.2) is 24.3 Å². The third-order valence-electron chi connectivity index (χ3n) is 4.23. The van der Waals surface area contributed by atoms with Crippen LogP contribution in [-0.4, -0.2) is 26.3 Å². The second kappa shape index (κ2) is 6.46. The Labute approximate surface area is 126 Å². The van der Waals surface area contributed by atoms with Gasteiger partial charge in [-0.1, -0.05) is 43.6 Å². The fraction of sp³-hybridized carbons (Fsp3) is 0.600. The highest BCUT2D eigenvalue weighted by Crippen LogP contribution is 2.33. The van der Waals surface area contributed by atoms with E-state index < -0.39 is 9.84 Å². The van der Waals surface area contributed by atoms with Gasteiger partial charge in [-0.2, -0.15) is 0 Å². The van der Waals surface area contributed by atoms with Gasteiger partial charge in [0.1, 0.15) is 0 Å². The quantitative estimate of drug-likeness (QED) is 0.908. The lowest BCUT2D eigenvalue weighted by Gasteiger charge is -2.21. The Morgan fingerprint density at radius 3 is 2.65 bits per heavy atom. The highest BCUT2D eigenvalue weighted by atomic mass is 35.5. The fourth-order valence-corrected chi connectivity index (χ4v) is 5.64. The number of hydrogen-bond donors (Lipinski definition) is 1. The van der Waals surface area contributed by atoms with Gasteiger partial charge in [-0.3, -0.25) is 0 Å². The molecule has 20 heavy (non-hydrogen) atoms. The van der Waals surface area contributed by atoms with Gasteiger partial charge in [-0.25, -0.2) is 8.42 Å². The van der Waals surface area contributed by atoms with E-state index in [1.807, 2.05) is 19.1 Å². The summed E-state index contributed by atoms with van der Waals surface area (Å²) in [6, 6.07) is 7.49. The van der Waals surface area contributed by atoms with E-state index >= 15 is 0 Å². The Morgan fingerprint density at radius 2 is 2.00 bits per heavy atom. The summed E-state index contributed by atoms with van der Waals surface area (Å²) >= 11 is 6.07. The first-order valence-corrected chi connectivity index (χ1v) is 9.23. The largest absolute Gasteiger partial charge is 0.314 e. The van der Waals surface area contributed by atoms with Crippen molar-refractivity contribution in [2.24, 2.45) is 5.92 Å². The van der Waals surface area contributed by atoms with E-state index in [1.54, 1.807) is 12.1 Å². The Morgan fingerprint density at radius 1 is 1.30 bits per heavy atom. The number of halogens is 1. The molecule has 0 heterocycles. The molecule has 1 aliphatic carbocycles. The predicted molar refractivity (Wildman–Crippen MR) is 83.7 cm³/mol. The number of sulfone groups is 1. The molecule has 0 spiro atoms. The number of rotatable bonds is 5. The van der Waals surface area contributed by atoms with Crippen LogP contribution in [0.3, 0.4) is 0 Å². The maximum Gasteiger partial charge on any atom is 0.157 e. The molecule has 0 radical (unpaired) electrons. The molecule has 3 unspecified atom stereocenters. The van der Waals surface area contributed by atoms with Crippen LogP contribution < -0.4 is 5.32 Å². The molecule has 0 aliphatic heterocycles. The van der Waals surface area contributed by atoms with Crippen LogP contribution in [0.4, 0.5) is 0 Å². The van der Waals surface area contributed by atoms with Crippen molar-refractivity contribution in [3.63, 3.8) is 0 Å². The van der Waals surface area contributed by atoms with Gasteiger partial charge in [-0.05, 0) is 36.9 Å². The highest BCUT2D eigenvalue weighted by Gasteiger charge is 2.40. The molecule has 0 aromatic heterocycles. The Bertz CT molecular complexity index is 559. The lowest BCUT2D eigenvalue weighted by Crippen LogP contribution is -2.36. The van der Waals surface area contributed by atoms with Crippen molar-refractivity contribution in [1.29, 1.82) is 0 Å². The molecule has 0 bridgehead atoms. The molecule has 112 valence electrons. The van der Waals surface area contributed by atoms with Crippen LogP contribution in [0.2, 0.25) is 5.02 Å². The summed E-state index contributed by atoms with van der Waals surface area (Å²) in [5, 5.41) is 3.65. The number of hydrogen-bond acceptors (Lipinski definition) is 3. The summed E-state index contributed by atoms with van der Waals surface area (Å²) in [7, 11) is -3.16. The van der Waals surface area contributed by atoms with E-state index in [0.717, 1.165) is 19.4 Å². The molecule has 0 saturated heterocycles. The van der Waals surface area contributed by atoms with Crippen molar-refractivity contribution in [2.75, 3.05) is 6.54 Å². The lowest BCUT2D eigenvalue weighted by molar-refractivity contribution is 0.433. The smallest absolute Gasteiger partial charge is 0.157 e. The lowest BCUT2D eigenvalue weighted by atomic mass is 10.1. The molecule has 1 aromatic rings. The minimum atomic E-state index is -3.16. The molecular formula is C15H22ClNO2S. The fourth-order valence-electron chi connectivity index (χ4n) is 3.12.